The molecular formula is C12H13ClN4. The number of hydrogen-bond donors (Lipinski definition) is 2. The number of nitrogens with one attached hydrogen (secondary N) is 1. The SMILES string of the molecule is CNc1cc(-c2cccc(Cl)c2C)nc(N)n1. The Morgan fingerprint density at radius 2 is 2.06 bits per heavy atom. The van der Waals surface area contributed by atoms with Gasteiger partial charge in [0.25, 0.3) is 0 Å². The van der Waals surface area contributed by atoms with Crippen molar-refractivity contribution in [2.45, 2.75) is 6.92 Å². The monoisotopic (exact) mass is 248 g/mol. The van der Waals surface area contributed by atoms with Crippen LogP contribution in [0.5, 0.6) is 0 Å². The maximum Gasteiger partial charge on any atom is 0.222 e. The molecule has 2 aromatic rings. The van der Waals surface area contributed by atoms with Gasteiger partial charge in [0.05, 0.1) is 5.69 Å². The van der Waals surface area contributed by atoms with E-state index in [1.165, 1.54) is 0 Å². The van der Waals surface area contributed by atoms with E-state index >= 15 is 0 Å². The fraction of sp³-hybridized carbons (Fsp3) is 0.167. The molecule has 1 heterocycles. The Kier molecular flexibility index (Phi) is 3.15. The van der Waals surface area contributed by atoms with E-state index in [1.54, 1.807) is 7.05 Å². The highest BCUT2D eigenvalue weighted by Gasteiger charge is 2.08. The van der Waals surface area contributed by atoms with Crippen molar-refractivity contribution in [3.8, 4) is 11.3 Å². The number of benzene rings is 1. The minimum Gasteiger partial charge on any atom is -0.373 e. The summed E-state index contributed by atoms with van der Waals surface area (Å²) in [6, 6.07) is 7.55. The minimum absolute atomic E-state index is 0.242. The van der Waals surface area contributed by atoms with E-state index in [4.69, 9.17) is 17.3 Å². The van der Waals surface area contributed by atoms with E-state index in [0.717, 1.165) is 16.8 Å². The van der Waals surface area contributed by atoms with Gasteiger partial charge >= 0.3 is 0 Å². The Morgan fingerprint density at radius 1 is 1.29 bits per heavy atom. The summed E-state index contributed by atoms with van der Waals surface area (Å²) >= 11 is 6.09. The van der Waals surface area contributed by atoms with Gasteiger partial charge < -0.3 is 11.1 Å². The normalized spacial score (nSPS) is 10.3. The molecule has 88 valence electrons. The smallest absolute Gasteiger partial charge is 0.222 e. The summed E-state index contributed by atoms with van der Waals surface area (Å²) in [6.07, 6.45) is 0. The highest BCUT2D eigenvalue weighted by Crippen LogP contribution is 2.28. The lowest BCUT2D eigenvalue weighted by Crippen LogP contribution is -2.01. The number of aromatic nitrogens is 2. The molecule has 4 nitrogen and oxygen atoms in total. The van der Waals surface area contributed by atoms with Crippen LogP contribution in [0, 0.1) is 6.92 Å². The summed E-state index contributed by atoms with van der Waals surface area (Å²) in [5, 5.41) is 3.66. The van der Waals surface area contributed by atoms with Gasteiger partial charge in [-0.2, -0.15) is 4.98 Å². The third kappa shape index (κ3) is 2.31. The molecule has 2 rings (SSSR count). The molecule has 0 saturated carbocycles. The lowest BCUT2D eigenvalue weighted by atomic mass is 10.1. The van der Waals surface area contributed by atoms with Crippen LogP contribution in [-0.2, 0) is 0 Å². The molecule has 0 aliphatic heterocycles. The molecule has 17 heavy (non-hydrogen) atoms. The van der Waals surface area contributed by atoms with E-state index in [1.807, 2.05) is 31.2 Å². The van der Waals surface area contributed by atoms with E-state index in [0.29, 0.717) is 10.8 Å². The highest BCUT2D eigenvalue weighted by atomic mass is 35.5. The Hall–Kier alpha value is -1.81. The van der Waals surface area contributed by atoms with Gasteiger partial charge in [-0.1, -0.05) is 23.7 Å². The maximum atomic E-state index is 6.09. The van der Waals surface area contributed by atoms with Gasteiger partial charge in [-0.15, -0.1) is 0 Å². The highest BCUT2D eigenvalue weighted by molar-refractivity contribution is 6.31. The summed E-state index contributed by atoms with van der Waals surface area (Å²) < 4.78 is 0. The van der Waals surface area contributed by atoms with Crippen LogP contribution < -0.4 is 11.1 Å². The molecule has 0 radical (unpaired) electrons. The van der Waals surface area contributed by atoms with E-state index in [2.05, 4.69) is 15.3 Å². The van der Waals surface area contributed by atoms with Crippen LogP contribution >= 0.6 is 11.6 Å². The van der Waals surface area contributed by atoms with Gasteiger partial charge in [0.15, 0.2) is 0 Å². The average Bonchev–Trinajstić information content (AvgIpc) is 2.31. The predicted molar refractivity (Wildman–Crippen MR) is 71.2 cm³/mol. The van der Waals surface area contributed by atoms with Gasteiger partial charge in [-0.3, -0.25) is 0 Å². The molecular weight excluding hydrogens is 236 g/mol. The zero-order valence-electron chi connectivity index (χ0n) is 9.66. The van der Waals surface area contributed by atoms with E-state index in [-0.39, 0.29) is 5.95 Å². The van der Waals surface area contributed by atoms with Crippen molar-refractivity contribution < 1.29 is 0 Å². The Morgan fingerprint density at radius 3 is 2.76 bits per heavy atom. The second-order valence-electron chi connectivity index (χ2n) is 3.66. The fourth-order valence-corrected chi connectivity index (χ4v) is 1.79. The third-order valence-electron chi connectivity index (χ3n) is 2.54. The fourth-order valence-electron chi connectivity index (χ4n) is 1.62. The van der Waals surface area contributed by atoms with Crippen LogP contribution in [0.4, 0.5) is 11.8 Å². The number of nitrogen functional groups attached to an aromatic ring is 1. The van der Waals surface area contributed by atoms with Crippen molar-refractivity contribution >= 4 is 23.4 Å². The lowest BCUT2D eigenvalue weighted by Gasteiger charge is -2.09. The van der Waals surface area contributed by atoms with Gasteiger partial charge in [0, 0.05) is 23.7 Å². The summed E-state index contributed by atoms with van der Waals surface area (Å²) in [6.45, 7) is 1.95. The quantitative estimate of drug-likeness (QED) is 0.858. The summed E-state index contributed by atoms with van der Waals surface area (Å²) in [7, 11) is 1.79. The summed E-state index contributed by atoms with van der Waals surface area (Å²) in [5.74, 6) is 0.929. The third-order valence-corrected chi connectivity index (χ3v) is 2.95. The number of hydrogen-bond acceptors (Lipinski definition) is 4. The molecule has 1 aromatic heterocycles. The minimum atomic E-state index is 0.242. The average molecular weight is 249 g/mol. The molecule has 5 heteroatoms. The number of rotatable bonds is 2. The number of anilines is 2. The molecule has 0 aliphatic carbocycles. The van der Waals surface area contributed by atoms with Gasteiger partial charge in [0.1, 0.15) is 5.82 Å². The van der Waals surface area contributed by atoms with Crippen LogP contribution in [-0.4, -0.2) is 17.0 Å². The zero-order valence-corrected chi connectivity index (χ0v) is 10.4. The Labute approximate surface area is 105 Å². The topological polar surface area (TPSA) is 63.8 Å². The molecule has 0 saturated heterocycles. The van der Waals surface area contributed by atoms with E-state index in [9.17, 15) is 0 Å². The van der Waals surface area contributed by atoms with Crippen LogP contribution in [0.3, 0.4) is 0 Å². The van der Waals surface area contributed by atoms with Crippen molar-refractivity contribution in [1.82, 2.24) is 9.97 Å². The molecule has 0 atom stereocenters. The summed E-state index contributed by atoms with van der Waals surface area (Å²) in [5.41, 5.74) is 8.37. The number of nitrogens with zero attached hydrogens (tertiary/aromatic N) is 2. The zero-order chi connectivity index (χ0) is 12.4. The number of nitrogens with two attached hydrogens (primary N) is 1. The van der Waals surface area contributed by atoms with Crippen molar-refractivity contribution in [3.63, 3.8) is 0 Å². The standard InChI is InChI=1S/C12H13ClN4/c1-7-8(4-3-5-9(7)13)10-6-11(15-2)17-12(14)16-10/h3-6H,1-2H3,(H3,14,15,16,17). The first-order valence-corrected chi connectivity index (χ1v) is 5.57. The molecule has 0 amide bonds. The van der Waals surface area contributed by atoms with Gasteiger partial charge in [-0.25, -0.2) is 4.98 Å². The van der Waals surface area contributed by atoms with Crippen LogP contribution in [0.2, 0.25) is 5.02 Å². The molecule has 0 bridgehead atoms. The molecule has 3 N–H and O–H groups in total. The molecule has 0 aliphatic rings. The molecule has 0 unspecified atom stereocenters. The Balaban J connectivity index is 2.60. The first-order chi connectivity index (χ1) is 8.11. The second-order valence-corrected chi connectivity index (χ2v) is 4.07. The van der Waals surface area contributed by atoms with Gasteiger partial charge in [-0.05, 0) is 18.6 Å². The Bertz CT molecular complexity index is 554. The molecule has 0 spiro atoms. The van der Waals surface area contributed by atoms with E-state index < -0.39 is 0 Å². The molecule has 1 aromatic carbocycles. The second kappa shape index (κ2) is 4.59. The first kappa shape index (κ1) is 11.7. The van der Waals surface area contributed by atoms with Gasteiger partial charge in [0.2, 0.25) is 5.95 Å². The first-order valence-electron chi connectivity index (χ1n) is 5.19. The molecule has 0 fully saturated rings. The summed E-state index contributed by atoms with van der Waals surface area (Å²) in [4.78, 5) is 8.27. The van der Waals surface area contributed by atoms with Crippen molar-refractivity contribution in [3.05, 3.63) is 34.9 Å². The van der Waals surface area contributed by atoms with Crippen molar-refractivity contribution in [1.29, 1.82) is 0 Å². The van der Waals surface area contributed by atoms with Crippen LogP contribution in [0.15, 0.2) is 24.3 Å². The van der Waals surface area contributed by atoms with Crippen molar-refractivity contribution in [2.75, 3.05) is 18.1 Å². The number of halogens is 1. The maximum absolute atomic E-state index is 6.09. The largest absolute Gasteiger partial charge is 0.373 e. The van der Waals surface area contributed by atoms with Crippen molar-refractivity contribution in [2.24, 2.45) is 0 Å². The lowest BCUT2D eigenvalue weighted by molar-refractivity contribution is 1.18. The predicted octanol–water partition coefficient (Wildman–Crippen LogP) is 2.73. The van der Waals surface area contributed by atoms with Crippen LogP contribution in [0.25, 0.3) is 11.3 Å². The van der Waals surface area contributed by atoms with Crippen LogP contribution in [0.1, 0.15) is 5.56 Å².